The molecule has 6 rings (SSSR count). The average molecular weight is 841 g/mol. The van der Waals surface area contributed by atoms with Crippen LogP contribution in [0.15, 0.2) is 53.5 Å². The van der Waals surface area contributed by atoms with Gasteiger partial charge in [0, 0.05) is 57.9 Å². The Hall–Kier alpha value is -6.40. The Morgan fingerprint density at radius 2 is 1.60 bits per heavy atom. The molecule has 2 amide bonds. The lowest BCUT2D eigenvalue weighted by atomic mass is 10.2. The second kappa shape index (κ2) is 20.5. The molecule has 0 fully saturated rings. The van der Waals surface area contributed by atoms with Crippen LogP contribution in [-0.2, 0) is 30.9 Å². The molecule has 18 heteroatoms. The number of nitrogens with one attached hydrogen (secondary N) is 1. The second-order valence-corrected chi connectivity index (χ2v) is 14.6. The summed E-state index contributed by atoms with van der Waals surface area (Å²) >= 11 is 1.43. The lowest BCUT2D eigenvalue weighted by molar-refractivity contribution is 0.0785. The second-order valence-electron chi connectivity index (χ2n) is 13.6. The molecule has 4 aromatic heterocycles. The molecule has 60 heavy (non-hydrogen) atoms. The standard InChI is InChI=1S/C35H42N8O6S.C7H10N2O/c1-7-24(47-5)11-14-49-28-18-23(32(36)45)19-29-31(28)42(35(37-4)50-29)13-10-9-12-41-30-25(16-22(20-44)17-27(30)48-6)38-34(41)39-33(46)26-15-21(3)40-43(26)8-2;1-3-9-7(5-10)4-6(2)8-9/h9-10,15-20,24H,7-8,11-14H2,1-6H3,(H2,36,45)(H,38,39,46);4-5H,3H2,1-2H3/b10-9+,37-35?;. The van der Waals surface area contributed by atoms with Gasteiger partial charge in [-0.15, -0.1) is 0 Å². The van der Waals surface area contributed by atoms with E-state index < -0.39 is 5.91 Å². The van der Waals surface area contributed by atoms with Gasteiger partial charge in [0.1, 0.15) is 40.2 Å². The zero-order chi connectivity index (χ0) is 43.5. The first kappa shape index (κ1) is 44.7. The number of hydrogen-bond acceptors (Lipinski definition) is 12. The zero-order valence-corrected chi connectivity index (χ0v) is 36.0. The zero-order valence-electron chi connectivity index (χ0n) is 35.2. The van der Waals surface area contributed by atoms with Crippen LogP contribution in [0.2, 0.25) is 0 Å². The molecule has 0 aliphatic rings. The smallest absolute Gasteiger partial charge is 0.276 e. The number of allylic oxidation sites excluding steroid dienone is 2. The van der Waals surface area contributed by atoms with Crippen molar-refractivity contribution in [2.75, 3.05) is 33.2 Å². The van der Waals surface area contributed by atoms with E-state index in [9.17, 15) is 19.2 Å². The number of nitrogens with zero attached hydrogens (tertiary/aromatic N) is 8. The molecule has 0 spiro atoms. The van der Waals surface area contributed by atoms with E-state index in [1.165, 1.54) is 18.4 Å². The number of thiazole rings is 1. The summed E-state index contributed by atoms with van der Waals surface area (Å²) in [7, 11) is 4.91. The van der Waals surface area contributed by atoms with Crippen molar-refractivity contribution in [3.63, 3.8) is 0 Å². The van der Waals surface area contributed by atoms with E-state index >= 15 is 0 Å². The van der Waals surface area contributed by atoms with Crippen molar-refractivity contribution >= 4 is 62.9 Å². The highest BCUT2D eigenvalue weighted by Gasteiger charge is 2.21. The molecule has 0 bridgehead atoms. The highest BCUT2D eigenvalue weighted by Crippen LogP contribution is 2.32. The first-order chi connectivity index (χ1) is 28.9. The van der Waals surface area contributed by atoms with Crippen LogP contribution in [0.5, 0.6) is 11.5 Å². The predicted molar refractivity (Wildman–Crippen MR) is 230 cm³/mol. The van der Waals surface area contributed by atoms with Gasteiger partial charge in [-0.05, 0) is 70.5 Å². The molecular formula is C42H52N10O7S. The van der Waals surface area contributed by atoms with Crippen molar-refractivity contribution < 1.29 is 33.4 Å². The van der Waals surface area contributed by atoms with Crippen LogP contribution in [-0.4, -0.2) is 92.0 Å². The number of primary amides is 1. The Balaban J connectivity index is 0.000000597. The van der Waals surface area contributed by atoms with Gasteiger partial charge in [-0.3, -0.25) is 38.9 Å². The maximum absolute atomic E-state index is 13.4. The summed E-state index contributed by atoms with van der Waals surface area (Å²) in [4.78, 5) is 57.6. The van der Waals surface area contributed by atoms with Crippen LogP contribution in [0.4, 0.5) is 5.95 Å². The minimum Gasteiger partial charge on any atom is -0.494 e. The fourth-order valence-electron chi connectivity index (χ4n) is 6.71. The molecule has 6 aromatic rings. The van der Waals surface area contributed by atoms with Gasteiger partial charge in [0.2, 0.25) is 11.9 Å². The van der Waals surface area contributed by atoms with E-state index in [0.717, 1.165) is 51.9 Å². The summed E-state index contributed by atoms with van der Waals surface area (Å²) in [6, 6.07) is 10.2. The lowest BCUT2D eigenvalue weighted by Crippen LogP contribution is -2.20. The molecule has 17 nitrogen and oxygen atoms in total. The Kier molecular flexibility index (Phi) is 15.3. The number of nitrogens with two attached hydrogens (primary N) is 1. The first-order valence-corrected chi connectivity index (χ1v) is 20.3. The quantitative estimate of drug-likeness (QED) is 0.0792. The molecule has 4 heterocycles. The van der Waals surface area contributed by atoms with Gasteiger partial charge in [0.15, 0.2) is 11.1 Å². The normalized spacial score (nSPS) is 12.2. The molecule has 3 N–H and O–H groups in total. The maximum atomic E-state index is 13.4. The summed E-state index contributed by atoms with van der Waals surface area (Å²) in [5, 5.41) is 11.4. The van der Waals surface area contributed by atoms with Crippen molar-refractivity contribution in [1.82, 2.24) is 33.7 Å². The van der Waals surface area contributed by atoms with E-state index in [4.69, 9.17) is 19.9 Å². The SMILES string of the molecule is CCC(CCOc1cc(C(N)=O)cc2sc(=NC)n(C/C=C/Cn3c(NC(=O)c4cc(C)nn4CC)nc4cc(C=O)cc(OC)c43)c12)OC.CCn1nc(C)cc1C=O. The van der Waals surface area contributed by atoms with Crippen molar-refractivity contribution in [2.45, 2.75) is 79.7 Å². The van der Waals surface area contributed by atoms with Crippen LogP contribution in [0.1, 0.15) is 86.7 Å². The van der Waals surface area contributed by atoms with Crippen molar-refractivity contribution in [2.24, 2.45) is 10.7 Å². The number of amides is 2. The number of rotatable bonds is 18. The molecule has 1 unspecified atom stereocenters. The van der Waals surface area contributed by atoms with Crippen molar-refractivity contribution in [1.29, 1.82) is 0 Å². The third-order valence-corrected chi connectivity index (χ3v) is 10.8. The third kappa shape index (κ3) is 10.1. The van der Waals surface area contributed by atoms with Gasteiger partial charge < -0.3 is 29.1 Å². The van der Waals surface area contributed by atoms with E-state index in [-0.39, 0.29) is 18.0 Å². The summed E-state index contributed by atoms with van der Waals surface area (Å²) in [6.07, 6.45) is 7.06. The fourth-order valence-corrected chi connectivity index (χ4v) is 7.77. The van der Waals surface area contributed by atoms with Crippen LogP contribution >= 0.6 is 11.3 Å². The summed E-state index contributed by atoms with van der Waals surface area (Å²) in [5.74, 6) is 0.346. The Morgan fingerprint density at radius 3 is 2.20 bits per heavy atom. The van der Waals surface area contributed by atoms with Crippen LogP contribution in [0.3, 0.4) is 0 Å². The molecule has 318 valence electrons. The van der Waals surface area contributed by atoms with Crippen LogP contribution < -0.4 is 25.3 Å². The highest BCUT2D eigenvalue weighted by molar-refractivity contribution is 7.16. The van der Waals surface area contributed by atoms with Crippen molar-refractivity contribution in [3.05, 3.63) is 87.3 Å². The fraction of sp³-hybridized carbons (Fsp3) is 0.381. The predicted octanol–water partition coefficient (Wildman–Crippen LogP) is 5.75. The summed E-state index contributed by atoms with van der Waals surface area (Å²) in [6.45, 7) is 12.0. The Bertz CT molecular complexity index is 2590. The number of hydrogen-bond donors (Lipinski definition) is 2. The molecule has 2 aromatic carbocycles. The number of carbonyl (C=O) groups is 4. The number of methoxy groups -OCH3 is 2. The Labute approximate surface area is 351 Å². The first-order valence-electron chi connectivity index (χ1n) is 19.5. The molecule has 0 saturated carbocycles. The monoisotopic (exact) mass is 840 g/mol. The number of ether oxygens (including phenoxy) is 3. The number of imidazole rings is 1. The maximum Gasteiger partial charge on any atom is 0.276 e. The number of carbonyl (C=O) groups excluding carboxylic acids is 4. The lowest BCUT2D eigenvalue weighted by Gasteiger charge is -2.15. The van der Waals surface area contributed by atoms with Crippen molar-refractivity contribution in [3.8, 4) is 11.5 Å². The number of aldehydes is 2. The van der Waals surface area contributed by atoms with E-state index in [0.29, 0.717) is 77.7 Å². The van der Waals surface area contributed by atoms with Gasteiger partial charge in [-0.2, -0.15) is 10.2 Å². The number of benzene rings is 2. The number of anilines is 1. The van der Waals surface area contributed by atoms with Gasteiger partial charge in [0.05, 0.1) is 41.4 Å². The highest BCUT2D eigenvalue weighted by atomic mass is 32.1. The topological polar surface area (TPSA) is 205 Å². The molecular weight excluding hydrogens is 789 g/mol. The van der Waals surface area contributed by atoms with Crippen LogP contribution in [0, 0.1) is 13.8 Å². The minimum atomic E-state index is -0.546. The Morgan fingerprint density at radius 1 is 0.900 bits per heavy atom. The number of aromatic nitrogens is 7. The van der Waals surface area contributed by atoms with Gasteiger partial charge in [-0.1, -0.05) is 30.4 Å². The molecule has 1 atom stereocenters. The largest absolute Gasteiger partial charge is 0.494 e. The van der Waals surface area contributed by atoms with Gasteiger partial charge in [-0.25, -0.2) is 4.98 Å². The number of fused-ring (bicyclic) bond motifs is 2. The van der Waals surface area contributed by atoms with Gasteiger partial charge >= 0.3 is 0 Å². The molecule has 0 radical (unpaired) electrons. The van der Waals surface area contributed by atoms with Crippen LogP contribution in [0.25, 0.3) is 21.3 Å². The summed E-state index contributed by atoms with van der Waals surface area (Å²) < 4.78 is 25.4. The average Bonchev–Trinajstić information content (AvgIpc) is 4.02. The molecule has 0 saturated heterocycles. The third-order valence-electron chi connectivity index (χ3n) is 9.64. The molecule has 0 aliphatic carbocycles. The van der Waals surface area contributed by atoms with E-state index in [1.54, 1.807) is 59.9 Å². The van der Waals surface area contributed by atoms with Gasteiger partial charge in [0.25, 0.3) is 5.91 Å². The van der Waals surface area contributed by atoms with E-state index in [2.05, 4.69) is 32.4 Å². The molecule has 0 aliphatic heterocycles. The summed E-state index contributed by atoms with van der Waals surface area (Å²) in [5.41, 5.74) is 11.0. The number of aryl methyl sites for hydroxylation is 4. The minimum absolute atomic E-state index is 0.0547. The van der Waals surface area contributed by atoms with E-state index in [1.807, 2.05) is 49.0 Å².